The van der Waals surface area contributed by atoms with E-state index < -0.39 is 17.7 Å². The third-order valence-corrected chi connectivity index (χ3v) is 4.99. The van der Waals surface area contributed by atoms with Crippen molar-refractivity contribution in [1.82, 2.24) is 0 Å². The molecule has 0 bridgehead atoms. The number of rotatable bonds is 12. The summed E-state index contributed by atoms with van der Waals surface area (Å²) in [5.41, 5.74) is 17.6. The van der Waals surface area contributed by atoms with Crippen molar-refractivity contribution < 1.29 is 23.9 Å². The smallest absolute Gasteiger partial charge is 0.255 e. The number of carbonyl (C=O) groups is 3. The van der Waals surface area contributed by atoms with E-state index in [1.165, 1.54) is 12.1 Å². The molecule has 0 spiro atoms. The quantitative estimate of drug-likeness (QED) is 0.234. The number of carbonyl (C=O) groups excluding carboxylic acids is 3. The molecule has 9 nitrogen and oxygen atoms in total. The van der Waals surface area contributed by atoms with Crippen LogP contribution >= 0.6 is 22.6 Å². The van der Waals surface area contributed by atoms with E-state index in [9.17, 15) is 14.4 Å². The molecule has 31 heavy (non-hydrogen) atoms. The summed E-state index contributed by atoms with van der Waals surface area (Å²) in [6, 6.07) is 9.79. The van der Waals surface area contributed by atoms with Crippen molar-refractivity contribution in [3.05, 3.63) is 62.2 Å². The van der Waals surface area contributed by atoms with E-state index in [4.69, 9.17) is 26.7 Å². The van der Waals surface area contributed by atoms with Gasteiger partial charge in [0.15, 0.2) is 0 Å². The lowest BCUT2D eigenvalue weighted by Gasteiger charge is -2.15. The van der Waals surface area contributed by atoms with Gasteiger partial charge in [-0.1, -0.05) is 0 Å². The molecule has 0 saturated carbocycles. The van der Waals surface area contributed by atoms with Gasteiger partial charge in [-0.05, 0) is 71.0 Å². The first-order chi connectivity index (χ1) is 14.8. The minimum atomic E-state index is -0.742. The fourth-order valence-corrected chi connectivity index (χ4v) is 3.20. The molecule has 0 radical (unpaired) electrons. The molecule has 2 rings (SSSR count). The van der Waals surface area contributed by atoms with Gasteiger partial charge in [-0.3, -0.25) is 14.4 Å². The molecule has 10 heteroatoms. The third-order valence-electron chi connectivity index (χ3n) is 4.28. The molecule has 0 aromatic heterocycles. The maximum absolute atomic E-state index is 12.5. The van der Waals surface area contributed by atoms with Crippen molar-refractivity contribution >= 4 is 46.0 Å². The summed E-state index contributed by atoms with van der Waals surface area (Å²) < 4.78 is 11.7. The molecule has 0 atom stereocenters. The molecule has 7 N–H and O–H groups in total. The number of nitrogens with two attached hydrogens (primary N) is 3. The summed E-state index contributed by atoms with van der Waals surface area (Å²) in [6.45, 7) is 1.81. The average Bonchev–Trinajstić information content (AvgIpc) is 2.73. The lowest BCUT2D eigenvalue weighted by atomic mass is 9.96. The van der Waals surface area contributed by atoms with Crippen molar-refractivity contribution in [3.8, 4) is 0 Å². The Morgan fingerprint density at radius 3 is 1.94 bits per heavy atom. The van der Waals surface area contributed by atoms with Gasteiger partial charge in [-0.25, -0.2) is 0 Å². The molecule has 0 aliphatic rings. The Morgan fingerprint density at radius 2 is 1.42 bits per heavy atom. The fraction of sp³-hybridized carbons (Fsp3) is 0.286. The van der Waals surface area contributed by atoms with E-state index >= 15 is 0 Å². The normalized spacial score (nSPS) is 10.6. The average molecular weight is 540 g/mol. The van der Waals surface area contributed by atoms with Crippen molar-refractivity contribution in [2.45, 2.75) is 6.42 Å². The zero-order chi connectivity index (χ0) is 22.8. The molecule has 0 saturated heterocycles. The van der Waals surface area contributed by atoms with Crippen molar-refractivity contribution in [1.29, 1.82) is 0 Å². The molecular formula is C21H25IN4O5. The topological polar surface area (TPSA) is 160 Å². The molecule has 0 unspecified atom stereocenters. The van der Waals surface area contributed by atoms with E-state index in [-0.39, 0.29) is 29.8 Å². The maximum Gasteiger partial charge on any atom is 0.255 e. The van der Waals surface area contributed by atoms with Crippen LogP contribution in [-0.2, 0) is 15.9 Å². The van der Waals surface area contributed by atoms with Gasteiger partial charge >= 0.3 is 0 Å². The van der Waals surface area contributed by atoms with Crippen LogP contribution in [0.5, 0.6) is 0 Å². The number of halogens is 1. The van der Waals surface area contributed by atoms with Crippen LogP contribution in [0.1, 0.15) is 36.6 Å². The van der Waals surface area contributed by atoms with Crippen molar-refractivity contribution in [2.24, 2.45) is 17.2 Å². The van der Waals surface area contributed by atoms with Gasteiger partial charge in [0.25, 0.3) is 5.91 Å². The number of benzene rings is 2. The second-order valence-electron chi connectivity index (χ2n) is 6.50. The highest BCUT2D eigenvalue weighted by Gasteiger charge is 2.19. The van der Waals surface area contributed by atoms with E-state index in [0.717, 1.165) is 3.57 Å². The van der Waals surface area contributed by atoms with Gasteiger partial charge in [-0.2, -0.15) is 0 Å². The molecule has 2 aromatic carbocycles. The largest absolute Gasteiger partial charge is 0.379 e. The van der Waals surface area contributed by atoms with Gasteiger partial charge in [0.2, 0.25) is 11.8 Å². The summed E-state index contributed by atoms with van der Waals surface area (Å²) in [6.07, 6.45) is 0.235. The zero-order valence-corrected chi connectivity index (χ0v) is 19.0. The predicted molar refractivity (Wildman–Crippen MR) is 125 cm³/mol. The van der Waals surface area contributed by atoms with Crippen LogP contribution in [0.25, 0.3) is 0 Å². The monoisotopic (exact) mass is 540 g/mol. The van der Waals surface area contributed by atoms with Crippen molar-refractivity contribution in [2.75, 3.05) is 38.3 Å². The highest BCUT2D eigenvalue weighted by atomic mass is 127. The maximum atomic E-state index is 12.5. The number of amides is 3. The summed E-state index contributed by atoms with van der Waals surface area (Å²) in [5, 5.41) is 2.68. The first kappa shape index (κ1) is 24.7. The Bertz CT molecular complexity index is 899. The Morgan fingerprint density at radius 1 is 0.871 bits per heavy atom. The molecule has 3 amide bonds. The van der Waals surface area contributed by atoms with Gasteiger partial charge in [0, 0.05) is 32.5 Å². The van der Waals surface area contributed by atoms with Gasteiger partial charge in [-0.15, -0.1) is 0 Å². The first-order valence-electron chi connectivity index (χ1n) is 9.52. The third kappa shape index (κ3) is 7.58. The molecule has 0 aliphatic carbocycles. The summed E-state index contributed by atoms with van der Waals surface area (Å²) >= 11 is 2.14. The van der Waals surface area contributed by atoms with E-state index in [1.807, 2.05) is 0 Å². The number of hydrogen-bond donors (Lipinski definition) is 4. The van der Waals surface area contributed by atoms with E-state index in [2.05, 4.69) is 27.9 Å². The number of ether oxygens (including phenoxy) is 2. The fourth-order valence-electron chi connectivity index (χ4n) is 2.84. The van der Waals surface area contributed by atoms with E-state index in [1.54, 1.807) is 24.3 Å². The summed E-state index contributed by atoms with van der Waals surface area (Å²) in [4.78, 5) is 36.6. The van der Waals surface area contributed by atoms with Crippen LogP contribution in [0.4, 0.5) is 5.69 Å². The zero-order valence-electron chi connectivity index (χ0n) is 16.9. The predicted octanol–water partition coefficient (Wildman–Crippen LogP) is 1.28. The molecule has 2 aromatic rings. The van der Waals surface area contributed by atoms with Crippen LogP contribution in [0.2, 0.25) is 0 Å². The minimum absolute atomic E-state index is 0.0946. The van der Waals surface area contributed by atoms with Crippen LogP contribution in [-0.4, -0.2) is 50.7 Å². The lowest BCUT2D eigenvalue weighted by molar-refractivity contribution is 0.0518. The Labute approximate surface area is 193 Å². The summed E-state index contributed by atoms with van der Waals surface area (Å²) in [7, 11) is 0. The highest BCUT2D eigenvalue weighted by molar-refractivity contribution is 14.1. The summed E-state index contributed by atoms with van der Waals surface area (Å²) in [5.74, 6) is -1.88. The standard InChI is InChI=1S/C21H25IN4O5/c22-14-3-1-13(2-4-14)21(29)26-15-11-17(19(24)27)16(18(12-15)20(25)28)5-7-30-9-10-31-8-6-23/h1-4,11-12H,5-10,23H2,(H2,24,27)(H2,25,28)(H,26,29). The van der Waals surface area contributed by atoms with Crippen LogP contribution in [0.15, 0.2) is 36.4 Å². The van der Waals surface area contributed by atoms with Crippen LogP contribution < -0.4 is 22.5 Å². The second-order valence-corrected chi connectivity index (χ2v) is 7.75. The van der Waals surface area contributed by atoms with Crippen LogP contribution in [0, 0.1) is 3.57 Å². The van der Waals surface area contributed by atoms with Crippen molar-refractivity contribution in [3.63, 3.8) is 0 Å². The first-order valence-corrected chi connectivity index (χ1v) is 10.6. The van der Waals surface area contributed by atoms with Crippen LogP contribution in [0.3, 0.4) is 0 Å². The van der Waals surface area contributed by atoms with Gasteiger partial charge in [0.05, 0.1) is 26.4 Å². The number of anilines is 1. The molecule has 0 aliphatic heterocycles. The molecule has 0 fully saturated rings. The van der Waals surface area contributed by atoms with Gasteiger partial charge < -0.3 is 32.0 Å². The molecule has 166 valence electrons. The highest BCUT2D eigenvalue weighted by Crippen LogP contribution is 2.23. The van der Waals surface area contributed by atoms with Gasteiger partial charge in [0.1, 0.15) is 0 Å². The number of hydrogen-bond acceptors (Lipinski definition) is 6. The second kappa shape index (κ2) is 12.3. The number of primary amides is 2. The minimum Gasteiger partial charge on any atom is -0.379 e. The SMILES string of the molecule is NCCOCCOCCc1c(C(N)=O)cc(NC(=O)c2ccc(I)cc2)cc1C(N)=O. The molecule has 0 heterocycles. The molecular weight excluding hydrogens is 515 g/mol. The Balaban J connectivity index is 2.18. The lowest BCUT2D eigenvalue weighted by Crippen LogP contribution is -2.23. The van der Waals surface area contributed by atoms with E-state index in [0.29, 0.717) is 37.5 Å². The Hall–Kier alpha value is -2.54. The number of nitrogens with one attached hydrogen (secondary N) is 1. The Kier molecular flexibility index (Phi) is 9.85.